The van der Waals surface area contributed by atoms with Crippen LogP contribution in [0.4, 0.5) is 11.8 Å². The smallest absolute Gasteiger partial charge is 0.224 e. The highest BCUT2D eigenvalue weighted by molar-refractivity contribution is 5.40. The number of aromatic nitrogens is 2. The predicted molar refractivity (Wildman–Crippen MR) is 64.4 cm³/mol. The van der Waals surface area contributed by atoms with Crippen LogP contribution >= 0.6 is 0 Å². The molecule has 0 unspecified atom stereocenters. The second-order valence-electron chi connectivity index (χ2n) is 3.77. The lowest BCUT2D eigenvalue weighted by atomic mass is 10.2. The summed E-state index contributed by atoms with van der Waals surface area (Å²) in [6.45, 7) is 3.15. The summed E-state index contributed by atoms with van der Waals surface area (Å²) >= 11 is 0. The molecule has 1 aromatic heterocycles. The molecule has 84 valence electrons. The molecule has 0 fully saturated rings. The Balaban J connectivity index is 2.43. The Hall–Kier alpha value is -1.32. The van der Waals surface area contributed by atoms with Gasteiger partial charge in [-0.3, -0.25) is 0 Å². The highest BCUT2D eigenvalue weighted by Crippen LogP contribution is 2.08. The zero-order valence-corrected chi connectivity index (χ0v) is 9.82. The highest BCUT2D eigenvalue weighted by Gasteiger charge is 1.99. The molecule has 0 aliphatic rings. The molecule has 0 bridgehead atoms. The zero-order valence-electron chi connectivity index (χ0n) is 9.82. The molecule has 1 aromatic rings. The van der Waals surface area contributed by atoms with E-state index in [0.717, 1.165) is 18.3 Å². The van der Waals surface area contributed by atoms with E-state index in [-0.39, 0.29) is 0 Å². The monoisotopic (exact) mass is 208 g/mol. The van der Waals surface area contributed by atoms with E-state index in [0.29, 0.717) is 0 Å². The first-order valence-electron chi connectivity index (χ1n) is 5.48. The molecule has 0 radical (unpaired) electrons. The summed E-state index contributed by atoms with van der Waals surface area (Å²) in [6, 6.07) is 1.90. The first kappa shape index (κ1) is 11.8. The van der Waals surface area contributed by atoms with Crippen LogP contribution in [0.1, 0.15) is 26.2 Å². The van der Waals surface area contributed by atoms with E-state index in [2.05, 4.69) is 22.2 Å². The topological polar surface area (TPSA) is 41.1 Å². The normalized spacial score (nSPS) is 10.1. The average molecular weight is 208 g/mol. The fourth-order valence-electron chi connectivity index (χ4n) is 1.26. The van der Waals surface area contributed by atoms with Crippen molar-refractivity contribution in [3.8, 4) is 0 Å². The fourth-order valence-corrected chi connectivity index (χ4v) is 1.26. The van der Waals surface area contributed by atoms with Crippen molar-refractivity contribution in [3.05, 3.63) is 12.3 Å². The first-order valence-corrected chi connectivity index (χ1v) is 5.48. The number of rotatable bonds is 6. The number of unbranched alkanes of at least 4 members (excludes halogenated alkanes) is 2. The number of hydrogen-bond donors (Lipinski definition) is 1. The van der Waals surface area contributed by atoms with Gasteiger partial charge in [0.2, 0.25) is 5.95 Å². The third kappa shape index (κ3) is 4.14. The molecule has 1 heterocycles. The summed E-state index contributed by atoms with van der Waals surface area (Å²) in [5.74, 6) is 1.65. The SMILES string of the molecule is CCCCCNc1nccc(N(C)C)n1. The van der Waals surface area contributed by atoms with Crippen LogP contribution in [0, 0.1) is 0 Å². The molecule has 4 nitrogen and oxygen atoms in total. The maximum atomic E-state index is 4.37. The van der Waals surface area contributed by atoms with Crippen LogP contribution in [0.15, 0.2) is 12.3 Å². The number of hydrogen-bond acceptors (Lipinski definition) is 4. The summed E-state index contributed by atoms with van der Waals surface area (Å²) in [5, 5.41) is 3.23. The molecular formula is C11H20N4. The lowest BCUT2D eigenvalue weighted by Gasteiger charge is -2.12. The van der Waals surface area contributed by atoms with Gasteiger partial charge in [0.05, 0.1) is 0 Å². The van der Waals surface area contributed by atoms with E-state index in [9.17, 15) is 0 Å². The average Bonchev–Trinajstić information content (AvgIpc) is 2.25. The molecule has 0 aromatic carbocycles. The molecule has 0 atom stereocenters. The van der Waals surface area contributed by atoms with Crippen molar-refractivity contribution in [1.29, 1.82) is 0 Å². The standard InChI is InChI=1S/C11H20N4/c1-4-5-6-8-12-11-13-9-7-10(14-11)15(2)3/h7,9H,4-6,8H2,1-3H3,(H,12,13,14). The van der Waals surface area contributed by atoms with E-state index in [1.165, 1.54) is 19.3 Å². The van der Waals surface area contributed by atoms with Gasteiger partial charge in [0.25, 0.3) is 0 Å². The van der Waals surface area contributed by atoms with Crippen molar-refractivity contribution < 1.29 is 0 Å². The van der Waals surface area contributed by atoms with Crippen LogP contribution in [-0.4, -0.2) is 30.6 Å². The molecule has 4 heteroatoms. The van der Waals surface area contributed by atoms with Crippen molar-refractivity contribution in [2.75, 3.05) is 30.9 Å². The lowest BCUT2D eigenvalue weighted by molar-refractivity contribution is 0.740. The lowest BCUT2D eigenvalue weighted by Crippen LogP contribution is -2.13. The van der Waals surface area contributed by atoms with Crippen molar-refractivity contribution in [1.82, 2.24) is 9.97 Å². The van der Waals surface area contributed by atoms with Gasteiger partial charge < -0.3 is 10.2 Å². The Bertz CT molecular complexity index is 286. The fraction of sp³-hybridized carbons (Fsp3) is 0.636. The Morgan fingerprint density at radius 2 is 2.13 bits per heavy atom. The van der Waals surface area contributed by atoms with Gasteiger partial charge in [-0.05, 0) is 12.5 Å². The Morgan fingerprint density at radius 1 is 1.33 bits per heavy atom. The van der Waals surface area contributed by atoms with Gasteiger partial charge in [-0.2, -0.15) is 4.98 Å². The van der Waals surface area contributed by atoms with E-state index < -0.39 is 0 Å². The molecule has 0 aliphatic carbocycles. The number of anilines is 2. The Labute approximate surface area is 91.7 Å². The minimum Gasteiger partial charge on any atom is -0.363 e. The predicted octanol–water partition coefficient (Wildman–Crippen LogP) is 2.14. The van der Waals surface area contributed by atoms with Crippen LogP contribution < -0.4 is 10.2 Å². The van der Waals surface area contributed by atoms with Crippen LogP contribution in [0.3, 0.4) is 0 Å². The van der Waals surface area contributed by atoms with E-state index in [1.807, 2.05) is 25.1 Å². The molecule has 0 saturated carbocycles. The summed E-state index contributed by atoms with van der Waals surface area (Å²) in [5.41, 5.74) is 0. The maximum Gasteiger partial charge on any atom is 0.224 e. The molecule has 0 saturated heterocycles. The molecule has 15 heavy (non-hydrogen) atoms. The zero-order chi connectivity index (χ0) is 11.1. The van der Waals surface area contributed by atoms with Gasteiger partial charge >= 0.3 is 0 Å². The first-order chi connectivity index (χ1) is 7.24. The highest BCUT2D eigenvalue weighted by atomic mass is 15.2. The van der Waals surface area contributed by atoms with E-state index in [1.54, 1.807) is 6.20 Å². The molecule has 0 amide bonds. The number of nitrogens with one attached hydrogen (secondary N) is 1. The van der Waals surface area contributed by atoms with Gasteiger partial charge in [0.1, 0.15) is 5.82 Å². The molecule has 1 N–H and O–H groups in total. The molecule has 1 rings (SSSR count). The quantitative estimate of drug-likeness (QED) is 0.727. The molecule has 0 spiro atoms. The van der Waals surface area contributed by atoms with Crippen molar-refractivity contribution in [2.24, 2.45) is 0 Å². The summed E-state index contributed by atoms with van der Waals surface area (Å²) in [4.78, 5) is 10.5. The van der Waals surface area contributed by atoms with Gasteiger partial charge in [-0.1, -0.05) is 19.8 Å². The number of nitrogens with zero attached hydrogens (tertiary/aromatic N) is 3. The second-order valence-corrected chi connectivity index (χ2v) is 3.77. The maximum absolute atomic E-state index is 4.37. The summed E-state index contributed by atoms with van der Waals surface area (Å²) in [6.07, 6.45) is 5.44. The third-order valence-corrected chi connectivity index (χ3v) is 2.16. The van der Waals surface area contributed by atoms with Crippen LogP contribution in [0.2, 0.25) is 0 Å². The van der Waals surface area contributed by atoms with Gasteiger partial charge in [-0.15, -0.1) is 0 Å². The van der Waals surface area contributed by atoms with Crippen LogP contribution in [-0.2, 0) is 0 Å². The second kappa shape index (κ2) is 6.22. The van der Waals surface area contributed by atoms with Crippen molar-refractivity contribution in [3.63, 3.8) is 0 Å². The van der Waals surface area contributed by atoms with Gasteiger partial charge in [0.15, 0.2) is 0 Å². The summed E-state index contributed by atoms with van der Waals surface area (Å²) < 4.78 is 0. The minimum atomic E-state index is 0.720. The van der Waals surface area contributed by atoms with E-state index in [4.69, 9.17) is 0 Å². The Kier molecular flexibility index (Phi) is 4.87. The molecule has 0 aliphatic heterocycles. The Morgan fingerprint density at radius 3 is 2.80 bits per heavy atom. The van der Waals surface area contributed by atoms with Crippen LogP contribution in [0.5, 0.6) is 0 Å². The minimum absolute atomic E-state index is 0.720. The summed E-state index contributed by atoms with van der Waals surface area (Å²) in [7, 11) is 3.95. The third-order valence-electron chi connectivity index (χ3n) is 2.16. The largest absolute Gasteiger partial charge is 0.363 e. The van der Waals surface area contributed by atoms with E-state index >= 15 is 0 Å². The van der Waals surface area contributed by atoms with Crippen molar-refractivity contribution in [2.45, 2.75) is 26.2 Å². The van der Waals surface area contributed by atoms with Crippen molar-refractivity contribution >= 4 is 11.8 Å². The van der Waals surface area contributed by atoms with Gasteiger partial charge in [0, 0.05) is 26.8 Å². The van der Waals surface area contributed by atoms with Gasteiger partial charge in [-0.25, -0.2) is 4.98 Å². The molecular weight excluding hydrogens is 188 g/mol. The van der Waals surface area contributed by atoms with Crippen LogP contribution in [0.25, 0.3) is 0 Å².